The number of ketones is 2. The Kier molecular flexibility index (Phi) is 13.6. The van der Waals surface area contributed by atoms with Gasteiger partial charge in [0.2, 0.25) is 0 Å². The van der Waals surface area contributed by atoms with Crippen LogP contribution in [0.4, 0.5) is 0 Å². The molecule has 0 aromatic carbocycles. The molecular weight excluding hydrogens is 416 g/mol. The van der Waals surface area contributed by atoms with Crippen LogP contribution in [0.2, 0.25) is 0 Å². The fraction of sp³-hybridized carbons (Fsp3) is 0.630. The number of likely N-dealkylation sites (N-methyl/N-ethyl adjacent to an activating group) is 2. The Morgan fingerprint density at radius 1 is 0.879 bits per heavy atom. The Hall–Kier alpha value is -1.86. The minimum atomic E-state index is -2.07. The van der Waals surface area contributed by atoms with Crippen LogP contribution in [0.25, 0.3) is 0 Å². The summed E-state index contributed by atoms with van der Waals surface area (Å²) in [5.41, 5.74) is 0. The van der Waals surface area contributed by atoms with Gasteiger partial charge in [-0.05, 0) is 73.6 Å². The Morgan fingerprint density at radius 2 is 1.30 bits per heavy atom. The molecule has 6 atom stereocenters. The maximum absolute atomic E-state index is 11.5. The van der Waals surface area contributed by atoms with Crippen molar-refractivity contribution in [2.75, 3.05) is 28.2 Å². The minimum absolute atomic E-state index is 0.0529. The standard InChI is InChI=1S/C14H25NO2.C13H23NO2/c1-6-7-8-9-10-11(2)14(17)13(12(3)16)15(4)5;1-6-7-8-9-10(2)13(16)12(11(3)15)14(4)5/h6-9,11,13-14,17H,10H2,1-5H3;6-8,10,12-13,16H,1,9H2,2-5H3/t11-,13-,14?;10-,12-,13?/m11/s1/i1D3;1D2. The molecule has 33 heavy (non-hydrogen) atoms. The van der Waals surface area contributed by atoms with E-state index < -0.39 is 31.1 Å². The molecule has 0 radical (unpaired) electrons. The molecule has 2 unspecified atom stereocenters. The molecule has 0 heterocycles. The van der Waals surface area contributed by atoms with Gasteiger partial charge in [-0.25, -0.2) is 0 Å². The summed E-state index contributed by atoms with van der Waals surface area (Å²) in [6.45, 7) is 4.36. The van der Waals surface area contributed by atoms with Crippen LogP contribution in [0.15, 0.2) is 49.1 Å². The molecule has 2 N–H and O–H groups in total. The molecule has 0 bridgehead atoms. The topological polar surface area (TPSA) is 81.1 Å². The van der Waals surface area contributed by atoms with Gasteiger partial charge in [-0.3, -0.25) is 19.4 Å². The number of allylic oxidation sites excluding steroid dienone is 7. The predicted molar refractivity (Wildman–Crippen MR) is 139 cm³/mol. The number of carbonyl (C=O) groups is 2. The monoisotopic (exact) mass is 469 g/mol. The number of Topliss-reactive ketones (excluding diaryl/α,β-unsaturated/α-hetero) is 2. The fourth-order valence-corrected chi connectivity index (χ4v) is 3.51. The molecule has 0 spiro atoms. The lowest BCUT2D eigenvalue weighted by Gasteiger charge is -2.30. The minimum Gasteiger partial charge on any atom is -0.391 e. The van der Waals surface area contributed by atoms with E-state index in [-0.39, 0.29) is 29.9 Å². The van der Waals surface area contributed by atoms with E-state index in [9.17, 15) is 19.8 Å². The Morgan fingerprint density at radius 3 is 1.64 bits per heavy atom. The first-order valence-electron chi connectivity index (χ1n) is 13.7. The quantitative estimate of drug-likeness (QED) is 0.378. The highest BCUT2D eigenvalue weighted by atomic mass is 16.3. The van der Waals surface area contributed by atoms with Crippen LogP contribution >= 0.6 is 0 Å². The molecule has 6 nitrogen and oxygen atoms in total. The molecule has 0 saturated carbocycles. The van der Waals surface area contributed by atoms with Crippen molar-refractivity contribution in [1.82, 2.24) is 9.80 Å². The van der Waals surface area contributed by atoms with Crippen molar-refractivity contribution in [3.63, 3.8) is 0 Å². The van der Waals surface area contributed by atoms with Crippen LogP contribution in [0.3, 0.4) is 0 Å². The number of aliphatic hydroxyl groups is 2. The highest BCUT2D eigenvalue weighted by Crippen LogP contribution is 2.17. The third kappa shape index (κ3) is 14.1. The van der Waals surface area contributed by atoms with Crippen molar-refractivity contribution < 1.29 is 26.7 Å². The van der Waals surface area contributed by atoms with Gasteiger partial charge in [0.25, 0.3) is 0 Å². The van der Waals surface area contributed by atoms with Gasteiger partial charge in [0, 0.05) is 4.11 Å². The van der Waals surface area contributed by atoms with Crippen molar-refractivity contribution >= 4 is 11.6 Å². The van der Waals surface area contributed by atoms with Crippen molar-refractivity contribution in [3.8, 4) is 0 Å². The third-order valence-corrected chi connectivity index (χ3v) is 5.35. The van der Waals surface area contributed by atoms with Gasteiger partial charge in [-0.2, -0.15) is 0 Å². The van der Waals surface area contributed by atoms with E-state index in [0.29, 0.717) is 12.8 Å². The summed E-state index contributed by atoms with van der Waals surface area (Å²) in [4.78, 5) is 26.4. The average Bonchev–Trinajstić information content (AvgIpc) is 2.74. The maximum atomic E-state index is 11.5. The first-order valence-corrected chi connectivity index (χ1v) is 11.2. The molecule has 0 aliphatic rings. The second-order valence-corrected chi connectivity index (χ2v) is 8.83. The zero-order valence-corrected chi connectivity index (χ0v) is 21.5. The molecule has 190 valence electrons. The van der Waals surface area contributed by atoms with Crippen LogP contribution in [0, 0.1) is 11.8 Å². The normalized spacial score (nSPS) is 20.1. The van der Waals surface area contributed by atoms with E-state index in [4.69, 9.17) is 6.85 Å². The number of carbonyl (C=O) groups excluding carboxylic acids is 2. The summed E-state index contributed by atoms with van der Waals surface area (Å²) in [6, 6.07) is -1.01. The molecule has 0 aliphatic heterocycles. The number of hydrogen-bond donors (Lipinski definition) is 2. The summed E-state index contributed by atoms with van der Waals surface area (Å²) in [5, 5.41) is 20.3. The second kappa shape index (κ2) is 18.6. The molecule has 0 amide bonds. The van der Waals surface area contributed by atoms with Gasteiger partial charge in [-0.1, -0.05) is 62.9 Å². The Bertz CT molecular complexity index is 819. The number of rotatable bonds is 14. The number of nitrogens with zero attached hydrogens (tertiary/aromatic N) is 2. The predicted octanol–water partition coefficient (Wildman–Crippen LogP) is 3.66. The third-order valence-electron chi connectivity index (χ3n) is 5.35. The zero-order valence-electron chi connectivity index (χ0n) is 26.5. The van der Waals surface area contributed by atoms with Gasteiger partial charge >= 0.3 is 0 Å². The number of aliphatic hydroxyl groups excluding tert-OH is 2. The van der Waals surface area contributed by atoms with Gasteiger partial charge in [0.15, 0.2) is 0 Å². The summed E-state index contributed by atoms with van der Waals surface area (Å²) in [7, 11) is 7.06. The van der Waals surface area contributed by atoms with Crippen molar-refractivity contribution in [3.05, 3.63) is 49.1 Å². The van der Waals surface area contributed by atoms with E-state index in [0.717, 1.165) is 6.08 Å². The highest BCUT2D eigenvalue weighted by Gasteiger charge is 2.30. The molecule has 0 aromatic heterocycles. The molecule has 0 rings (SSSR count). The first-order chi connectivity index (χ1) is 17.3. The van der Waals surface area contributed by atoms with E-state index in [1.165, 1.54) is 26.0 Å². The van der Waals surface area contributed by atoms with E-state index in [1.807, 2.05) is 13.8 Å². The SMILES string of the molecule is [2H]C([2H])([2H])C=CC=CC[C@@H](C)C(O)[C@@H](C(C)=O)N(C)C.[2H]C([2H])=CC=CC[C@@H](C)C(O)[C@@H](C(C)=O)N(C)C. The maximum Gasteiger partial charge on any atom is 0.149 e. The summed E-state index contributed by atoms with van der Waals surface area (Å²) < 4.78 is 34.8. The zero-order chi connectivity index (χ0) is 30.2. The molecule has 0 saturated heterocycles. The largest absolute Gasteiger partial charge is 0.391 e. The van der Waals surface area contributed by atoms with Crippen LogP contribution in [-0.2, 0) is 9.59 Å². The van der Waals surface area contributed by atoms with Crippen LogP contribution in [0.5, 0.6) is 0 Å². The van der Waals surface area contributed by atoms with Crippen LogP contribution < -0.4 is 0 Å². The van der Waals surface area contributed by atoms with Gasteiger partial charge < -0.3 is 10.2 Å². The molecule has 0 aromatic rings. The van der Waals surface area contributed by atoms with Crippen molar-refractivity contribution in [1.29, 1.82) is 0 Å². The highest BCUT2D eigenvalue weighted by molar-refractivity contribution is 5.82. The lowest BCUT2D eigenvalue weighted by Crippen LogP contribution is -2.47. The summed E-state index contributed by atoms with van der Waals surface area (Å²) >= 11 is 0. The first kappa shape index (κ1) is 24.3. The Labute approximate surface area is 209 Å². The van der Waals surface area contributed by atoms with E-state index >= 15 is 0 Å². The van der Waals surface area contributed by atoms with E-state index in [2.05, 4.69) is 0 Å². The lowest BCUT2D eigenvalue weighted by atomic mass is 9.92. The molecule has 0 fully saturated rings. The van der Waals surface area contributed by atoms with Crippen LogP contribution in [-0.4, -0.2) is 84.1 Å². The number of hydrogen-bond acceptors (Lipinski definition) is 6. The average molecular weight is 470 g/mol. The summed E-state index contributed by atoms with van der Waals surface area (Å²) in [5.74, 6) is -0.280. The molecular formula is C27H48N2O4. The van der Waals surface area contributed by atoms with Gasteiger partial charge in [-0.15, -0.1) is 0 Å². The smallest absolute Gasteiger partial charge is 0.149 e. The molecule has 6 heteroatoms. The fourth-order valence-electron chi connectivity index (χ4n) is 3.51. The Balaban J connectivity index is 0. The van der Waals surface area contributed by atoms with Crippen molar-refractivity contribution in [2.45, 2.75) is 71.7 Å². The van der Waals surface area contributed by atoms with Gasteiger partial charge in [0.1, 0.15) is 11.6 Å². The van der Waals surface area contributed by atoms with Crippen molar-refractivity contribution in [2.24, 2.45) is 11.8 Å². The second-order valence-electron chi connectivity index (χ2n) is 8.83. The lowest BCUT2D eigenvalue weighted by molar-refractivity contribution is -0.127. The van der Waals surface area contributed by atoms with E-state index in [1.54, 1.807) is 62.3 Å². The molecule has 0 aliphatic carbocycles. The summed E-state index contributed by atoms with van der Waals surface area (Å²) in [6.07, 6.45) is 10.5. The van der Waals surface area contributed by atoms with Crippen LogP contribution in [0.1, 0.15) is 54.2 Å². The van der Waals surface area contributed by atoms with Gasteiger partial charge in [0.05, 0.1) is 27.0 Å².